The molecule has 11 rings (SSSR count). The van der Waals surface area contributed by atoms with Crippen LogP contribution in [-0.2, 0) is 0 Å². The molecule has 0 fully saturated rings. The number of anilines is 3. The fraction of sp³-hybridized carbons (Fsp3) is 0. The summed E-state index contributed by atoms with van der Waals surface area (Å²) in [5.41, 5.74) is 13.2. The average molecular weight is 703 g/mol. The first-order valence-corrected chi connectivity index (χ1v) is 18.8. The van der Waals surface area contributed by atoms with E-state index in [1.54, 1.807) is 0 Å². The summed E-state index contributed by atoms with van der Waals surface area (Å²) >= 11 is 0. The molecule has 0 radical (unpaired) electrons. The first-order chi connectivity index (χ1) is 27.3. The molecule has 3 nitrogen and oxygen atoms in total. The van der Waals surface area contributed by atoms with E-state index in [-0.39, 0.29) is 0 Å². The lowest BCUT2D eigenvalue weighted by atomic mass is 10.0. The standard InChI is InChI=1S/C52H34N2O/c1-3-13-35(14-4-1)37-25-27-41(28-26-37)53(48-22-12-24-51-52(48)44-21-9-10-23-50(44)55-51)43-29-30-47-46(34-43)45-32-39-17-7-8-18-40(39)33-49(45)54(47)42-20-11-19-38(31-42)36-15-5-2-6-16-36/h1-34H. The van der Waals surface area contributed by atoms with Crippen molar-refractivity contribution >= 4 is 71.6 Å². The Morgan fingerprint density at radius 2 is 0.964 bits per heavy atom. The van der Waals surface area contributed by atoms with Gasteiger partial charge in [0.2, 0.25) is 0 Å². The highest BCUT2D eigenvalue weighted by molar-refractivity contribution is 6.16. The Balaban J connectivity index is 1.17. The van der Waals surface area contributed by atoms with Crippen LogP contribution in [-0.4, -0.2) is 4.57 Å². The summed E-state index contributed by atoms with van der Waals surface area (Å²) in [6.45, 7) is 0. The van der Waals surface area contributed by atoms with Crippen LogP contribution in [0.2, 0.25) is 0 Å². The fourth-order valence-electron chi connectivity index (χ4n) is 8.37. The van der Waals surface area contributed by atoms with Gasteiger partial charge < -0.3 is 13.9 Å². The fourth-order valence-corrected chi connectivity index (χ4v) is 8.37. The zero-order chi connectivity index (χ0) is 36.3. The van der Waals surface area contributed by atoms with E-state index in [1.807, 2.05) is 6.07 Å². The molecular formula is C52H34N2O. The molecule has 3 heteroatoms. The highest BCUT2D eigenvalue weighted by Crippen LogP contribution is 2.45. The van der Waals surface area contributed by atoms with Crippen LogP contribution in [0.15, 0.2) is 211 Å². The van der Waals surface area contributed by atoms with Crippen LogP contribution >= 0.6 is 0 Å². The van der Waals surface area contributed by atoms with E-state index in [0.29, 0.717) is 0 Å². The molecule has 0 aliphatic heterocycles. The van der Waals surface area contributed by atoms with Crippen LogP contribution in [0, 0.1) is 0 Å². The van der Waals surface area contributed by atoms with Crippen LogP contribution in [0.5, 0.6) is 0 Å². The lowest BCUT2D eigenvalue weighted by Crippen LogP contribution is -2.10. The maximum Gasteiger partial charge on any atom is 0.137 e. The largest absolute Gasteiger partial charge is 0.456 e. The van der Waals surface area contributed by atoms with Gasteiger partial charge in [-0.25, -0.2) is 0 Å². The molecule has 9 aromatic carbocycles. The van der Waals surface area contributed by atoms with Crippen molar-refractivity contribution in [3.05, 3.63) is 206 Å². The topological polar surface area (TPSA) is 21.3 Å². The monoisotopic (exact) mass is 702 g/mol. The van der Waals surface area contributed by atoms with Gasteiger partial charge in [-0.15, -0.1) is 0 Å². The molecular weight excluding hydrogens is 669 g/mol. The Kier molecular flexibility index (Phi) is 7.17. The minimum Gasteiger partial charge on any atom is -0.456 e. The molecule has 0 aliphatic carbocycles. The first kappa shape index (κ1) is 31.2. The molecule has 0 saturated carbocycles. The van der Waals surface area contributed by atoms with E-state index in [4.69, 9.17) is 4.42 Å². The summed E-state index contributed by atoms with van der Waals surface area (Å²) < 4.78 is 8.85. The van der Waals surface area contributed by atoms with Gasteiger partial charge in [-0.3, -0.25) is 0 Å². The molecule has 55 heavy (non-hydrogen) atoms. The third-order valence-electron chi connectivity index (χ3n) is 10.9. The molecule has 0 bridgehead atoms. The summed E-state index contributed by atoms with van der Waals surface area (Å²) in [4.78, 5) is 2.39. The molecule has 0 spiro atoms. The summed E-state index contributed by atoms with van der Waals surface area (Å²) in [7, 11) is 0. The number of nitrogens with zero attached hydrogens (tertiary/aromatic N) is 2. The predicted molar refractivity (Wildman–Crippen MR) is 231 cm³/mol. The van der Waals surface area contributed by atoms with Crippen LogP contribution in [0.1, 0.15) is 0 Å². The third kappa shape index (κ3) is 5.20. The molecule has 0 amide bonds. The molecule has 11 aromatic rings. The van der Waals surface area contributed by atoms with Gasteiger partial charge in [-0.1, -0.05) is 133 Å². The Morgan fingerprint density at radius 1 is 0.364 bits per heavy atom. The minimum atomic E-state index is 0.868. The van der Waals surface area contributed by atoms with Gasteiger partial charge in [0, 0.05) is 33.2 Å². The molecule has 2 aromatic heterocycles. The van der Waals surface area contributed by atoms with E-state index >= 15 is 0 Å². The first-order valence-electron chi connectivity index (χ1n) is 18.8. The van der Waals surface area contributed by atoms with Gasteiger partial charge in [0.15, 0.2) is 0 Å². The number of hydrogen-bond acceptors (Lipinski definition) is 2. The highest BCUT2D eigenvalue weighted by atomic mass is 16.3. The Bertz CT molecular complexity index is 3190. The Labute approximate surface area is 318 Å². The van der Waals surface area contributed by atoms with Crippen LogP contribution in [0.25, 0.3) is 82.5 Å². The van der Waals surface area contributed by atoms with Crippen molar-refractivity contribution in [3.8, 4) is 27.9 Å². The van der Waals surface area contributed by atoms with E-state index in [2.05, 4.69) is 210 Å². The minimum absolute atomic E-state index is 0.868. The lowest BCUT2D eigenvalue weighted by molar-refractivity contribution is 0.669. The third-order valence-corrected chi connectivity index (χ3v) is 10.9. The highest BCUT2D eigenvalue weighted by Gasteiger charge is 2.22. The Hall–Kier alpha value is -7.36. The van der Waals surface area contributed by atoms with E-state index in [0.717, 1.165) is 50.2 Å². The zero-order valence-electron chi connectivity index (χ0n) is 29.9. The van der Waals surface area contributed by atoms with Gasteiger partial charge in [0.05, 0.1) is 22.1 Å². The number of furan rings is 1. The van der Waals surface area contributed by atoms with Crippen molar-refractivity contribution < 1.29 is 4.42 Å². The molecule has 0 N–H and O–H groups in total. The quantitative estimate of drug-likeness (QED) is 0.172. The molecule has 258 valence electrons. The van der Waals surface area contributed by atoms with Gasteiger partial charge in [-0.2, -0.15) is 0 Å². The summed E-state index contributed by atoms with van der Waals surface area (Å²) in [5.74, 6) is 0. The number of benzene rings is 9. The smallest absolute Gasteiger partial charge is 0.137 e. The van der Waals surface area contributed by atoms with Gasteiger partial charge in [0.25, 0.3) is 0 Å². The van der Waals surface area contributed by atoms with E-state index < -0.39 is 0 Å². The normalized spacial score (nSPS) is 11.6. The van der Waals surface area contributed by atoms with Gasteiger partial charge in [-0.05, 0) is 106 Å². The van der Waals surface area contributed by atoms with Crippen LogP contribution in [0.4, 0.5) is 17.1 Å². The van der Waals surface area contributed by atoms with Gasteiger partial charge in [0.1, 0.15) is 11.2 Å². The zero-order valence-corrected chi connectivity index (χ0v) is 29.9. The maximum atomic E-state index is 6.42. The Morgan fingerprint density at radius 3 is 1.76 bits per heavy atom. The number of hydrogen-bond donors (Lipinski definition) is 0. The number of fused-ring (bicyclic) bond motifs is 7. The molecule has 0 aliphatic rings. The second kappa shape index (κ2) is 12.6. The van der Waals surface area contributed by atoms with Crippen molar-refractivity contribution in [2.75, 3.05) is 4.90 Å². The second-order valence-corrected chi connectivity index (χ2v) is 14.2. The molecule has 2 heterocycles. The summed E-state index contributed by atoms with van der Waals surface area (Å²) in [6.07, 6.45) is 0. The van der Waals surface area contributed by atoms with Crippen molar-refractivity contribution in [1.82, 2.24) is 4.57 Å². The average Bonchev–Trinajstić information content (AvgIpc) is 3.79. The van der Waals surface area contributed by atoms with Crippen molar-refractivity contribution in [1.29, 1.82) is 0 Å². The summed E-state index contributed by atoms with van der Waals surface area (Å²) in [5, 5.41) is 7.04. The van der Waals surface area contributed by atoms with Crippen LogP contribution in [0.3, 0.4) is 0 Å². The van der Waals surface area contributed by atoms with Crippen molar-refractivity contribution in [3.63, 3.8) is 0 Å². The van der Waals surface area contributed by atoms with Crippen molar-refractivity contribution in [2.24, 2.45) is 0 Å². The second-order valence-electron chi connectivity index (χ2n) is 14.2. The molecule has 0 unspecified atom stereocenters. The molecule has 0 atom stereocenters. The van der Waals surface area contributed by atoms with E-state index in [9.17, 15) is 0 Å². The lowest BCUT2D eigenvalue weighted by Gasteiger charge is -2.26. The van der Waals surface area contributed by atoms with E-state index in [1.165, 1.54) is 49.3 Å². The van der Waals surface area contributed by atoms with Crippen LogP contribution < -0.4 is 4.90 Å². The maximum absolute atomic E-state index is 6.42. The predicted octanol–water partition coefficient (Wildman–Crippen LogP) is 14.6. The van der Waals surface area contributed by atoms with Crippen molar-refractivity contribution in [2.45, 2.75) is 0 Å². The van der Waals surface area contributed by atoms with Gasteiger partial charge >= 0.3 is 0 Å². The number of aromatic nitrogens is 1. The molecule has 0 saturated heterocycles. The number of rotatable bonds is 6. The SMILES string of the molecule is c1ccc(-c2ccc(N(c3ccc4c(c3)c3cc5ccccc5cc3n4-c3cccc(-c4ccccc4)c3)c3cccc4oc5ccccc5c34)cc2)cc1. The summed E-state index contributed by atoms with van der Waals surface area (Å²) in [6, 6.07) is 74.0. The number of para-hydroxylation sites is 1.